The Bertz CT molecular complexity index is 1040. The predicted molar refractivity (Wildman–Crippen MR) is 138 cm³/mol. The maximum atomic E-state index is 12.1. The molecule has 0 spiro atoms. The van der Waals surface area contributed by atoms with Crippen LogP contribution in [0.4, 0.5) is 0 Å². The van der Waals surface area contributed by atoms with E-state index < -0.39 is 24.4 Å². The van der Waals surface area contributed by atoms with Crippen LogP contribution in [0.2, 0.25) is 15.1 Å². The number of benzene rings is 3. The second-order valence-electron chi connectivity index (χ2n) is 8.08. The summed E-state index contributed by atoms with van der Waals surface area (Å²) in [7, 11) is 0. The average Bonchev–Trinajstić information content (AvgIpc) is 2.85. The van der Waals surface area contributed by atoms with Gasteiger partial charge in [-0.3, -0.25) is 0 Å². The van der Waals surface area contributed by atoms with Gasteiger partial charge >= 0.3 is 0 Å². The first-order valence-corrected chi connectivity index (χ1v) is 12.2. The zero-order chi connectivity index (χ0) is 25.2. The molecule has 0 fully saturated rings. The van der Waals surface area contributed by atoms with Crippen LogP contribution in [0.25, 0.3) is 0 Å². The first-order chi connectivity index (χ1) is 16.9. The lowest BCUT2D eigenvalue weighted by atomic mass is 10.0. The van der Waals surface area contributed by atoms with Crippen molar-refractivity contribution in [2.75, 3.05) is 0 Å². The van der Waals surface area contributed by atoms with E-state index >= 15 is 0 Å². The van der Waals surface area contributed by atoms with Crippen LogP contribution in [0.5, 0.6) is 0 Å². The topological polar surface area (TPSA) is 65.0 Å². The van der Waals surface area contributed by atoms with Crippen LogP contribution in [0.3, 0.4) is 0 Å². The molecule has 0 bridgehead atoms. The van der Waals surface area contributed by atoms with Gasteiger partial charge in [-0.05, 0) is 60.0 Å². The van der Waals surface area contributed by atoms with Crippen LogP contribution in [-0.2, 0) is 38.8 Å². The predicted octanol–water partition coefficient (Wildman–Crippen LogP) is 6.28. The smallest absolute Gasteiger partial charge is 0.151 e. The Labute approximate surface area is 220 Å². The lowest BCUT2D eigenvalue weighted by Crippen LogP contribution is -2.48. The van der Waals surface area contributed by atoms with Crippen LogP contribution in [-0.4, -0.2) is 35.8 Å². The third-order valence-corrected chi connectivity index (χ3v) is 6.08. The standard InChI is InChI=1S/C27H27Cl3O5/c1-18(32)26(34-16-20-4-10-23(29)11-5-20)27(35-17-21-6-12-24(30)13-7-21)25(14-31)33-15-19-2-8-22(28)9-3-19/h2-14,18,25-27,32H,15-17H2,1H3/t18-,25+,26+,27-/m0/s1. The lowest BCUT2D eigenvalue weighted by molar-refractivity contribution is -0.176. The van der Waals surface area contributed by atoms with Gasteiger partial charge in [0.1, 0.15) is 18.3 Å². The second-order valence-corrected chi connectivity index (χ2v) is 9.39. The highest BCUT2D eigenvalue weighted by Crippen LogP contribution is 2.21. The molecular weight excluding hydrogens is 511 g/mol. The van der Waals surface area contributed by atoms with E-state index in [2.05, 4.69) is 0 Å². The van der Waals surface area contributed by atoms with E-state index in [0.29, 0.717) is 21.4 Å². The van der Waals surface area contributed by atoms with Gasteiger partial charge in [-0.15, -0.1) is 0 Å². The minimum absolute atomic E-state index is 0.158. The minimum Gasteiger partial charge on any atom is -0.391 e. The number of carbonyl (C=O) groups is 1. The Hall–Kier alpha value is -1.96. The first-order valence-electron chi connectivity index (χ1n) is 11.1. The average molecular weight is 538 g/mol. The molecule has 5 nitrogen and oxygen atoms in total. The molecule has 35 heavy (non-hydrogen) atoms. The van der Waals surface area contributed by atoms with Crippen molar-refractivity contribution in [3.63, 3.8) is 0 Å². The molecule has 4 atom stereocenters. The molecule has 3 aromatic carbocycles. The number of hydrogen-bond acceptors (Lipinski definition) is 5. The Morgan fingerprint density at radius 1 is 0.657 bits per heavy atom. The molecule has 0 heterocycles. The maximum absolute atomic E-state index is 12.1. The van der Waals surface area contributed by atoms with Crippen molar-refractivity contribution in [3.05, 3.63) is 105 Å². The zero-order valence-corrected chi connectivity index (χ0v) is 21.4. The van der Waals surface area contributed by atoms with Gasteiger partial charge < -0.3 is 24.1 Å². The number of ether oxygens (including phenoxy) is 3. The summed E-state index contributed by atoms with van der Waals surface area (Å²) in [6.45, 7) is 2.11. The van der Waals surface area contributed by atoms with Crippen molar-refractivity contribution >= 4 is 41.1 Å². The Morgan fingerprint density at radius 2 is 1.00 bits per heavy atom. The molecule has 1 N–H and O–H groups in total. The first kappa shape index (κ1) is 27.6. The normalized spacial score (nSPS) is 14.8. The van der Waals surface area contributed by atoms with Crippen LogP contribution in [0.15, 0.2) is 72.8 Å². The summed E-state index contributed by atoms with van der Waals surface area (Å²) in [5, 5.41) is 12.4. The molecule has 3 aromatic rings. The fourth-order valence-corrected chi connectivity index (χ4v) is 3.79. The monoisotopic (exact) mass is 536 g/mol. The fraction of sp³-hybridized carbons (Fsp3) is 0.296. The fourth-order valence-electron chi connectivity index (χ4n) is 3.42. The Balaban J connectivity index is 1.77. The minimum atomic E-state index is -0.997. The van der Waals surface area contributed by atoms with Gasteiger partial charge in [0.15, 0.2) is 6.29 Å². The number of carbonyl (C=O) groups excluding carboxylic acids is 1. The summed E-state index contributed by atoms with van der Waals surface area (Å²) < 4.78 is 18.1. The van der Waals surface area contributed by atoms with E-state index in [9.17, 15) is 9.90 Å². The molecule has 0 aliphatic carbocycles. The summed E-state index contributed by atoms with van der Waals surface area (Å²) in [6.07, 6.45) is -3.01. The third-order valence-electron chi connectivity index (χ3n) is 5.32. The van der Waals surface area contributed by atoms with Gasteiger partial charge in [0.05, 0.1) is 25.9 Å². The van der Waals surface area contributed by atoms with E-state index in [1.807, 2.05) is 36.4 Å². The van der Waals surface area contributed by atoms with Gasteiger partial charge in [-0.2, -0.15) is 0 Å². The van der Waals surface area contributed by atoms with Crippen molar-refractivity contribution in [1.29, 1.82) is 0 Å². The van der Waals surface area contributed by atoms with Crippen molar-refractivity contribution in [2.45, 2.75) is 51.2 Å². The highest BCUT2D eigenvalue weighted by molar-refractivity contribution is 6.31. The van der Waals surface area contributed by atoms with Crippen LogP contribution in [0, 0.1) is 0 Å². The molecule has 0 saturated carbocycles. The van der Waals surface area contributed by atoms with Gasteiger partial charge in [0.2, 0.25) is 0 Å². The molecule has 0 radical (unpaired) electrons. The quantitative estimate of drug-likeness (QED) is 0.260. The summed E-state index contributed by atoms with van der Waals surface area (Å²) in [4.78, 5) is 12.1. The summed E-state index contributed by atoms with van der Waals surface area (Å²) >= 11 is 17.9. The van der Waals surface area contributed by atoms with Crippen LogP contribution >= 0.6 is 34.8 Å². The lowest BCUT2D eigenvalue weighted by Gasteiger charge is -2.33. The van der Waals surface area contributed by atoms with Crippen molar-refractivity contribution < 1.29 is 24.1 Å². The number of hydrogen-bond donors (Lipinski definition) is 1. The summed E-state index contributed by atoms with van der Waals surface area (Å²) in [5.74, 6) is 0. The molecule has 0 aliphatic rings. The Kier molecular flexibility index (Phi) is 11.0. The van der Waals surface area contributed by atoms with Crippen LogP contribution < -0.4 is 0 Å². The van der Waals surface area contributed by atoms with Crippen molar-refractivity contribution in [3.8, 4) is 0 Å². The second kappa shape index (κ2) is 14.0. The van der Waals surface area contributed by atoms with Gasteiger partial charge in [0.25, 0.3) is 0 Å². The third kappa shape index (κ3) is 8.89. The van der Waals surface area contributed by atoms with Gasteiger partial charge in [0, 0.05) is 15.1 Å². The number of aldehydes is 1. The molecular formula is C27H27Cl3O5. The number of halogens is 3. The Morgan fingerprint density at radius 3 is 1.34 bits per heavy atom. The molecule has 0 aromatic heterocycles. The van der Waals surface area contributed by atoms with E-state index in [-0.39, 0.29) is 19.8 Å². The van der Waals surface area contributed by atoms with Gasteiger partial charge in [-0.1, -0.05) is 71.2 Å². The number of aliphatic hydroxyl groups is 1. The molecule has 186 valence electrons. The SMILES string of the molecule is C[C@H](O)[C@@H](OCc1ccc(Cl)cc1)[C@@H](OCc1ccc(Cl)cc1)[C@@H](C=O)OCc1ccc(Cl)cc1. The van der Waals surface area contributed by atoms with Crippen molar-refractivity contribution in [2.24, 2.45) is 0 Å². The molecule has 0 amide bonds. The molecule has 0 saturated heterocycles. The summed E-state index contributed by atoms with van der Waals surface area (Å²) in [5.41, 5.74) is 2.55. The van der Waals surface area contributed by atoms with E-state index in [4.69, 9.17) is 49.0 Å². The zero-order valence-electron chi connectivity index (χ0n) is 19.2. The largest absolute Gasteiger partial charge is 0.391 e. The molecule has 3 rings (SSSR count). The van der Waals surface area contributed by atoms with Crippen molar-refractivity contribution in [1.82, 2.24) is 0 Å². The van der Waals surface area contributed by atoms with E-state index in [1.165, 1.54) is 0 Å². The number of rotatable bonds is 13. The van der Waals surface area contributed by atoms with E-state index in [0.717, 1.165) is 16.7 Å². The highest BCUT2D eigenvalue weighted by Gasteiger charge is 2.35. The summed E-state index contributed by atoms with van der Waals surface area (Å²) in [6, 6.07) is 21.5. The molecule has 8 heteroatoms. The van der Waals surface area contributed by atoms with Gasteiger partial charge in [-0.25, -0.2) is 0 Å². The molecule has 0 unspecified atom stereocenters. The maximum Gasteiger partial charge on any atom is 0.151 e. The molecule has 0 aliphatic heterocycles. The highest BCUT2D eigenvalue weighted by atomic mass is 35.5. The van der Waals surface area contributed by atoms with Crippen LogP contribution in [0.1, 0.15) is 23.6 Å². The van der Waals surface area contributed by atoms with E-state index in [1.54, 1.807) is 43.3 Å². The number of aliphatic hydroxyl groups excluding tert-OH is 1.